The molecule has 1 atom stereocenters. The molecule has 1 heterocycles. The van der Waals surface area contributed by atoms with E-state index in [0.29, 0.717) is 5.56 Å². The van der Waals surface area contributed by atoms with Crippen molar-refractivity contribution in [1.82, 2.24) is 4.90 Å². The Hall–Kier alpha value is -2.63. The summed E-state index contributed by atoms with van der Waals surface area (Å²) in [7, 11) is 4.03. The second-order valence-electron chi connectivity index (χ2n) is 7.64. The maximum Gasteiger partial charge on any atom is 0.255 e. The van der Waals surface area contributed by atoms with E-state index in [1.807, 2.05) is 62.6 Å². The number of amides is 1. The molecule has 3 rings (SSSR count). The van der Waals surface area contributed by atoms with Gasteiger partial charge in [0.15, 0.2) is 0 Å². The molecule has 1 amide bonds. The van der Waals surface area contributed by atoms with Crippen LogP contribution in [0.1, 0.15) is 53.1 Å². The lowest BCUT2D eigenvalue weighted by Gasteiger charge is -2.18. The topological polar surface area (TPSA) is 41.6 Å². The van der Waals surface area contributed by atoms with Crippen LogP contribution in [0.5, 0.6) is 5.75 Å². The predicted molar refractivity (Wildman–Crippen MR) is 125 cm³/mol. The summed E-state index contributed by atoms with van der Waals surface area (Å²) in [6.45, 7) is 2.95. The number of carbonyl (C=O) groups is 1. The Morgan fingerprint density at radius 2 is 1.93 bits per heavy atom. The Balaban J connectivity index is 1.74. The van der Waals surface area contributed by atoms with Gasteiger partial charge >= 0.3 is 0 Å². The Kier molecular flexibility index (Phi) is 8.05. The molecule has 1 N–H and O–H groups in total. The molecule has 1 aromatic heterocycles. The van der Waals surface area contributed by atoms with Crippen LogP contribution in [-0.2, 0) is 6.54 Å². The highest BCUT2D eigenvalue weighted by Crippen LogP contribution is 2.30. The molecule has 1 unspecified atom stereocenters. The number of rotatable bonds is 10. The second kappa shape index (κ2) is 11.0. The molecule has 0 aliphatic rings. The number of thiophene rings is 1. The number of unbranched alkanes of at least 4 members (excludes halogenated alkanes) is 1. The van der Waals surface area contributed by atoms with Gasteiger partial charge in [-0.2, -0.15) is 0 Å². The minimum absolute atomic E-state index is 0.0177. The smallest absolute Gasteiger partial charge is 0.255 e. The third-order valence-electron chi connectivity index (χ3n) is 4.81. The van der Waals surface area contributed by atoms with Crippen LogP contribution in [0.3, 0.4) is 0 Å². The summed E-state index contributed by atoms with van der Waals surface area (Å²) in [6, 6.07) is 19.5. The van der Waals surface area contributed by atoms with Gasteiger partial charge in [-0.15, -0.1) is 11.3 Å². The summed E-state index contributed by atoms with van der Waals surface area (Å²) in [5, 5.41) is 5.13. The van der Waals surface area contributed by atoms with Crippen molar-refractivity contribution in [2.45, 2.75) is 38.8 Å². The van der Waals surface area contributed by atoms with Crippen molar-refractivity contribution in [2.24, 2.45) is 0 Å². The summed E-state index contributed by atoms with van der Waals surface area (Å²) < 4.78 is 6.30. The molecule has 0 aliphatic carbocycles. The van der Waals surface area contributed by atoms with Crippen molar-refractivity contribution >= 4 is 22.9 Å². The average Bonchev–Trinajstić information content (AvgIpc) is 3.27. The van der Waals surface area contributed by atoms with Gasteiger partial charge in [-0.25, -0.2) is 0 Å². The largest absolute Gasteiger partial charge is 0.485 e. The lowest BCUT2D eigenvalue weighted by Crippen LogP contribution is -2.16. The number of anilines is 1. The second-order valence-corrected chi connectivity index (χ2v) is 8.62. The monoisotopic (exact) mass is 422 g/mol. The van der Waals surface area contributed by atoms with Gasteiger partial charge in [0.1, 0.15) is 11.9 Å². The standard InChI is InChI=1S/C25H30N2O2S/c1-4-5-14-23(24-15-9-16-30-24)29-21-12-8-11-19(17-21)25(28)26-22-13-7-6-10-20(22)18-27(2)3/h6-13,15-17,23H,4-5,14,18H2,1-3H3,(H,26,28). The van der Waals surface area contributed by atoms with Crippen molar-refractivity contribution in [3.63, 3.8) is 0 Å². The Morgan fingerprint density at radius 1 is 1.10 bits per heavy atom. The first-order valence-corrected chi connectivity index (χ1v) is 11.3. The fourth-order valence-corrected chi connectivity index (χ4v) is 4.10. The van der Waals surface area contributed by atoms with E-state index in [4.69, 9.17) is 4.74 Å². The van der Waals surface area contributed by atoms with E-state index in [2.05, 4.69) is 34.7 Å². The number of nitrogens with zero attached hydrogens (tertiary/aromatic N) is 1. The Morgan fingerprint density at radius 3 is 2.67 bits per heavy atom. The van der Waals surface area contributed by atoms with E-state index in [-0.39, 0.29) is 12.0 Å². The van der Waals surface area contributed by atoms with Gasteiger partial charge in [0.2, 0.25) is 0 Å². The number of para-hydroxylation sites is 1. The first kappa shape index (κ1) is 22.1. The first-order chi connectivity index (χ1) is 14.6. The van der Waals surface area contributed by atoms with Crippen LogP contribution in [0.4, 0.5) is 5.69 Å². The average molecular weight is 423 g/mol. The van der Waals surface area contributed by atoms with Gasteiger partial charge in [-0.05, 0) is 68.2 Å². The van der Waals surface area contributed by atoms with E-state index in [0.717, 1.165) is 42.8 Å². The van der Waals surface area contributed by atoms with Gasteiger partial charge in [-0.1, -0.05) is 43.7 Å². The molecule has 0 aliphatic heterocycles. The normalized spacial score (nSPS) is 12.0. The van der Waals surface area contributed by atoms with E-state index in [9.17, 15) is 4.79 Å². The first-order valence-electron chi connectivity index (χ1n) is 10.4. The highest BCUT2D eigenvalue weighted by molar-refractivity contribution is 7.10. The lowest BCUT2D eigenvalue weighted by atomic mass is 10.1. The number of ether oxygens (including phenoxy) is 1. The maximum atomic E-state index is 12.9. The van der Waals surface area contributed by atoms with Crippen LogP contribution in [0.25, 0.3) is 0 Å². The molecule has 3 aromatic rings. The van der Waals surface area contributed by atoms with E-state index in [1.54, 1.807) is 11.3 Å². The Bertz CT molecular complexity index is 938. The molecule has 0 fully saturated rings. The van der Waals surface area contributed by atoms with Crippen molar-refractivity contribution in [1.29, 1.82) is 0 Å². The Labute approximate surface area is 183 Å². The summed E-state index contributed by atoms with van der Waals surface area (Å²) in [5.74, 6) is 0.589. The van der Waals surface area contributed by atoms with Crippen LogP contribution in [0, 0.1) is 0 Å². The van der Waals surface area contributed by atoms with Crippen LogP contribution in [0.15, 0.2) is 66.0 Å². The molecule has 0 bridgehead atoms. The van der Waals surface area contributed by atoms with Crippen molar-refractivity contribution in [2.75, 3.05) is 19.4 Å². The minimum atomic E-state index is -0.132. The molecule has 0 radical (unpaired) electrons. The molecule has 5 heteroatoms. The molecule has 4 nitrogen and oxygen atoms in total. The summed E-state index contributed by atoms with van der Waals surface area (Å²) in [4.78, 5) is 16.2. The van der Waals surface area contributed by atoms with Crippen molar-refractivity contribution in [3.8, 4) is 5.75 Å². The van der Waals surface area contributed by atoms with Crippen molar-refractivity contribution < 1.29 is 9.53 Å². The summed E-state index contributed by atoms with van der Waals surface area (Å²) >= 11 is 1.71. The summed E-state index contributed by atoms with van der Waals surface area (Å²) in [5.41, 5.74) is 2.51. The zero-order valence-corrected chi connectivity index (χ0v) is 18.7. The van der Waals surface area contributed by atoms with Gasteiger partial charge < -0.3 is 15.0 Å². The van der Waals surface area contributed by atoms with Crippen LogP contribution in [-0.4, -0.2) is 24.9 Å². The molecule has 0 spiro atoms. The third kappa shape index (κ3) is 6.18. The molecule has 0 saturated carbocycles. The number of hydrogen-bond donors (Lipinski definition) is 1. The minimum Gasteiger partial charge on any atom is -0.485 e. The van der Waals surface area contributed by atoms with Crippen LogP contribution < -0.4 is 10.1 Å². The fourth-order valence-electron chi connectivity index (χ4n) is 3.31. The molecular weight excluding hydrogens is 392 g/mol. The van der Waals surface area contributed by atoms with Crippen LogP contribution >= 0.6 is 11.3 Å². The van der Waals surface area contributed by atoms with Gasteiger partial charge in [0.05, 0.1) is 0 Å². The molecule has 158 valence electrons. The van der Waals surface area contributed by atoms with Gasteiger partial charge in [0, 0.05) is 22.7 Å². The molecule has 30 heavy (non-hydrogen) atoms. The van der Waals surface area contributed by atoms with E-state index in [1.165, 1.54) is 4.88 Å². The number of nitrogens with one attached hydrogen (secondary N) is 1. The zero-order chi connectivity index (χ0) is 21.3. The lowest BCUT2D eigenvalue weighted by molar-refractivity contribution is 0.102. The van der Waals surface area contributed by atoms with Crippen molar-refractivity contribution in [3.05, 3.63) is 82.0 Å². The van der Waals surface area contributed by atoms with E-state index >= 15 is 0 Å². The van der Waals surface area contributed by atoms with E-state index < -0.39 is 0 Å². The predicted octanol–water partition coefficient (Wildman–Crippen LogP) is 6.37. The van der Waals surface area contributed by atoms with Crippen LogP contribution in [0.2, 0.25) is 0 Å². The number of carbonyl (C=O) groups excluding carboxylic acids is 1. The number of hydrogen-bond acceptors (Lipinski definition) is 4. The SMILES string of the molecule is CCCCC(Oc1cccc(C(=O)Nc2ccccc2CN(C)C)c1)c1cccs1. The number of benzene rings is 2. The zero-order valence-electron chi connectivity index (χ0n) is 17.9. The van der Waals surface area contributed by atoms with Gasteiger partial charge in [0.25, 0.3) is 5.91 Å². The molecular formula is C25H30N2O2S. The third-order valence-corrected chi connectivity index (χ3v) is 5.77. The highest BCUT2D eigenvalue weighted by atomic mass is 32.1. The maximum absolute atomic E-state index is 12.9. The highest BCUT2D eigenvalue weighted by Gasteiger charge is 2.16. The quantitative estimate of drug-likeness (QED) is 0.413. The van der Waals surface area contributed by atoms with Gasteiger partial charge in [-0.3, -0.25) is 4.79 Å². The molecule has 0 saturated heterocycles. The molecule has 2 aromatic carbocycles. The summed E-state index contributed by atoms with van der Waals surface area (Å²) in [6.07, 6.45) is 3.21. The fraction of sp³-hybridized carbons (Fsp3) is 0.320.